The van der Waals surface area contributed by atoms with Crippen LogP contribution in [0.15, 0.2) is 107 Å². The van der Waals surface area contributed by atoms with Crippen LogP contribution in [0.25, 0.3) is 27.9 Å². The highest BCUT2D eigenvalue weighted by atomic mass is 16.6. The van der Waals surface area contributed by atoms with Gasteiger partial charge in [-0.05, 0) is 55.0 Å². The molecular formula is C39H26N4O8. The van der Waals surface area contributed by atoms with Crippen molar-refractivity contribution in [3.8, 4) is 11.8 Å². The number of Topliss-reactive ketones (excluding diaryl/α,β-unsaturated/α-hetero) is 2. The molecule has 6 aromatic rings. The third kappa shape index (κ3) is 4.92. The van der Waals surface area contributed by atoms with Crippen molar-refractivity contribution in [2.75, 3.05) is 13.2 Å². The van der Waals surface area contributed by atoms with Crippen molar-refractivity contribution < 1.29 is 38.9 Å². The molecule has 0 saturated heterocycles. The van der Waals surface area contributed by atoms with Gasteiger partial charge in [0, 0.05) is 21.9 Å². The Morgan fingerprint density at radius 3 is 1.82 bits per heavy atom. The van der Waals surface area contributed by atoms with Crippen molar-refractivity contribution in [2.45, 2.75) is 6.92 Å². The number of nitrogens with zero attached hydrogens (tertiary/aromatic N) is 4. The fourth-order valence-electron chi connectivity index (χ4n) is 6.48. The minimum Gasteiger partial charge on any atom is -0.494 e. The third-order valence-corrected chi connectivity index (χ3v) is 8.73. The maximum Gasteiger partial charge on any atom is 0.421 e. The zero-order valence-corrected chi connectivity index (χ0v) is 26.9. The molecule has 2 aromatic heterocycles. The van der Waals surface area contributed by atoms with E-state index in [1.54, 1.807) is 110 Å². The van der Waals surface area contributed by atoms with E-state index in [2.05, 4.69) is 9.98 Å². The van der Waals surface area contributed by atoms with Crippen molar-refractivity contribution in [2.24, 2.45) is 9.98 Å². The van der Waals surface area contributed by atoms with Crippen molar-refractivity contribution in [3.05, 3.63) is 125 Å². The Morgan fingerprint density at radius 1 is 0.686 bits per heavy atom. The van der Waals surface area contributed by atoms with Crippen molar-refractivity contribution >= 4 is 74.4 Å². The van der Waals surface area contributed by atoms with E-state index in [0.717, 1.165) is 9.13 Å². The Bertz CT molecular complexity index is 2600. The average Bonchev–Trinajstić information content (AvgIpc) is 3.82. The lowest BCUT2D eigenvalue weighted by molar-refractivity contribution is 0.106. The number of aromatic nitrogens is 2. The number of carbonyl (C=O) groups is 4. The molecule has 2 aliphatic rings. The first-order valence-corrected chi connectivity index (χ1v) is 15.9. The maximum atomic E-state index is 13.5. The van der Waals surface area contributed by atoms with E-state index in [1.807, 2.05) is 0 Å². The predicted molar refractivity (Wildman–Crippen MR) is 189 cm³/mol. The summed E-state index contributed by atoms with van der Waals surface area (Å²) in [7, 11) is 0. The lowest BCUT2D eigenvalue weighted by Gasteiger charge is -2.06. The number of carbonyl (C=O) groups excluding carboxylic acids is 4. The number of fused-ring (bicyclic) bond motifs is 4. The lowest BCUT2D eigenvalue weighted by Crippen LogP contribution is -2.14. The summed E-state index contributed by atoms with van der Waals surface area (Å²) in [5.74, 6) is -1.67. The molecule has 2 N–H and O–H groups in total. The van der Waals surface area contributed by atoms with Crippen LogP contribution in [0.4, 0.5) is 21.0 Å². The molecule has 0 atom stereocenters. The molecule has 0 amide bonds. The number of ketones is 2. The summed E-state index contributed by atoms with van der Waals surface area (Å²) in [6.45, 7) is 1.58. The van der Waals surface area contributed by atoms with Gasteiger partial charge in [0.1, 0.15) is 18.0 Å². The summed E-state index contributed by atoms with van der Waals surface area (Å²) < 4.78 is 12.6. The molecular weight excluding hydrogens is 652 g/mol. The van der Waals surface area contributed by atoms with Crippen molar-refractivity contribution in [1.82, 2.24) is 9.13 Å². The number of aromatic hydroxyl groups is 2. The van der Waals surface area contributed by atoms with Gasteiger partial charge < -0.3 is 19.7 Å². The number of hydrogen-bond acceptors (Lipinski definition) is 10. The molecule has 12 heteroatoms. The summed E-state index contributed by atoms with van der Waals surface area (Å²) in [6, 6.07) is 25.4. The quantitative estimate of drug-likeness (QED) is 0.185. The van der Waals surface area contributed by atoms with Gasteiger partial charge in [0.05, 0.1) is 40.1 Å². The summed E-state index contributed by atoms with van der Waals surface area (Å²) in [4.78, 5) is 61.6. The summed E-state index contributed by atoms with van der Waals surface area (Å²) in [5.41, 5.74) is 3.25. The Hall–Kier alpha value is -7.08. The molecule has 4 heterocycles. The molecule has 12 nitrogen and oxygen atoms in total. The Labute approximate surface area is 288 Å². The fourth-order valence-corrected chi connectivity index (χ4v) is 6.48. The van der Waals surface area contributed by atoms with E-state index < -0.39 is 29.7 Å². The van der Waals surface area contributed by atoms with Crippen molar-refractivity contribution in [1.29, 1.82) is 0 Å². The van der Waals surface area contributed by atoms with E-state index in [1.165, 1.54) is 0 Å². The molecule has 250 valence electrons. The molecule has 0 spiro atoms. The van der Waals surface area contributed by atoms with Crippen molar-refractivity contribution in [3.63, 3.8) is 0 Å². The molecule has 4 aromatic carbocycles. The van der Waals surface area contributed by atoms with E-state index in [9.17, 15) is 29.4 Å². The zero-order chi connectivity index (χ0) is 35.4. The Kier molecular flexibility index (Phi) is 7.41. The van der Waals surface area contributed by atoms with Crippen LogP contribution in [0.1, 0.15) is 44.3 Å². The highest BCUT2D eigenvalue weighted by Gasteiger charge is 2.34. The van der Waals surface area contributed by atoms with Gasteiger partial charge in [-0.1, -0.05) is 60.7 Å². The lowest BCUT2D eigenvalue weighted by atomic mass is 10.0. The van der Waals surface area contributed by atoms with Crippen LogP contribution in [0.5, 0.6) is 11.8 Å². The van der Waals surface area contributed by atoms with Gasteiger partial charge in [0.2, 0.25) is 23.3 Å². The van der Waals surface area contributed by atoms with E-state index >= 15 is 0 Å². The summed E-state index contributed by atoms with van der Waals surface area (Å²) in [6.07, 6.45) is 1.63. The second-order valence-corrected chi connectivity index (χ2v) is 11.7. The Morgan fingerprint density at radius 2 is 1.22 bits per heavy atom. The third-order valence-electron chi connectivity index (χ3n) is 8.73. The SMILES string of the molecule is CCOC(=O)n1c(O)c(C2=Nc3cc(C=CCOC(=O)n4c(O)c(C5=Nc6ccccc6C5=O)c5ccccc54)ccc3C2=O)c2ccccc21. The first kappa shape index (κ1) is 31.2. The predicted octanol–water partition coefficient (Wildman–Crippen LogP) is 7.34. The molecule has 0 unspecified atom stereocenters. The average molecular weight is 679 g/mol. The number of benzene rings is 4. The van der Waals surface area contributed by atoms with Crippen LogP contribution in [-0.4, -0.2) is 67.7 Å². The van der Waals surface area contributed by atoms with Gasteiger partial charge in [0.25, 0.3) is 0 Å². The topological polar surface area (TPSA) is 162 Å². The second kappa shape index (κ2) is 12.1. The number of hydrogen-bond donors (Lipinski definition) is 2. The van der Waals surface area contributed by atoms with E-state index in [0.29, 0.717) is 49.9 Å². The standard InChI is InChI=1S/C39H26N4O8/c1-2-50-38(48)42-28-15-7-4-12-24(28)31(36(42)46)33-35(45)23-18-17-21(20-27(23)41-33)10-9-19-51-39(49)43-29-16-8-5-13-25(29)30(37(43)47)32-34(44)22-11-3-6-14-26(22)40-32/h3-18,20,46-47H,2,19H2,1H3. The van der Waals surface area contributed by atoms with Gasteiger partial charge >= 0.3 is 12.2 Å². The molecule has 0 aliphatic carbocycles. The number of rotatable bonds is 6. The van der Waals surface area contributed by atoms with Crippen LogP contribution in [0, 0.1) is 0 Å². The minimum atomic E-state index is -0.862. The van der Waals surface area contributed by atoms with Crippen LogP contribution >= 0.6 is 0 Å². The van der Waals surface area contributed by atoms with Gasteiger partial charge in [-0.2, -0.15) is 0 Å². The van der Waals surface area contributed by atoms with Gasteiger partial charge in [-0.15, -0.1) is 0 Å². The molecule has 0 fully saturated rings. The minimum absolute atomic E-state index is 0.0101. The van der Waals surface area contributed by atoms with Gasteiger partial charge in [-0.3, -0.25) is 9.59 Å². The highest BCUT2D eigenvalue weighted by molar-refractivity contribution is 6.57. The monoisotopic (exact) mass is 678 g/mol. The zero-order valence-electron chi connectivity index (χ0n) is 26.9. The number of aliphatic imine (C=N–C) groups is 2. The number of ether oxygens (including phenoxy) is 2. The van der Waals surface area contributed by atoms with Crippen LogP contribution < -0.4 is 0 Å². The van der Waals surface area contributed by atoms with Gasteiger partial charge in [0.15, 0.2) is 0 Å². The number of para-hydroxylation sites is 3. The normalized spacial score (nSPS) is 13.5. The molecule has 0 radical (unpaired) electrons. The van der Waals surface area contributed by atoms with Crippen LogP contribution in [0.2, 0.25) is 0 Å². The molecule has 2 aliphatic heterocycles. The summed E-state index contributed by atoms with van der Waals surface area (Å²) in [5, 5.41) is 23.3. The maximum absolute atomic E-state index is 13.5. The summed E-state index contributed by atoms with van der Waals surface area (Å²) >= 11 is 0. The second-order valence-electron chi connectivity index (χ2n) is 11.7. The van der Waals surface area contributed by atoms with Crippen LogP contribution in [0.3, 0.4) is 0 Å². The highest BCUT2D eigenvalue weighted by Crippen LogP contribution is 2.39. The first-order chi connectivity index (χ1) is 24.8. The molecule has 0 saturated carbocycles. The van der Waals surface area contributed by atoms with E-state index in [-0.39, 0.29) is 41.5 Å². The smallest absolute Gasteiger partial charge is 0.421 e. The Balaban J connectivity index is 1.03. The van der Waals surface area contributed by atoms with Crippen LogP contribution in [-0.2, 0) is 9.47 Å². The first-order valence-electron chi connectivity index (χ1n) is 15.9. The van der Waals surface area contributed by atoms with Gasteiger partial charge in [-0.25, -0.2) is 28.7 Å². The molecule has 8 rings (SSSR count). The molecule has 0 bridgehead atoms. The fraction of sp³-hybridized carbons (Fsp3) is 0.0769. The van der Waals surface area contributed by atoms with E-state index in [4.69, 9.17) is 9.47 Å². The molecule has 51 heavy (non-hydrogen) atoms. The largest absolute Gasteiger partial charge is 0.494 e.